The summed E-state index contributed by atoms with van der Waals surface area (Å²) in [7, 11) is 0. The van der Waals surface area contributed by atoms with Crippen molar-refractivity contribution < 1.29 is 9.18 Å². The van der Waals surface area contributed by atoms with Crippen LogP contribution >= 0.6 is 11.3 Å². The summed E-state index contributed by atoms with van der Waals surface area (Å²) in [5.41, 5.74) is 0.962. The van der Waals surface area contributed by atoms with Gasteiger partial charge in [0.25, 0.3) is 5.91 Å². The maximum absolute atomic E-state index is 13.8. The lowest BCUT2D eigenvalue weighted by Crippen LogP contribution is -2.12. The van der Waals surface area contributed by atoms with E-state index in [4.69, 9.17) is 0 Å². The van der Waals surface area contributed by atoms with Gasteiger partial charge in [-0.15, -0.1) is 11.3 Å². The second-order valence-electron chi connectivity index (χ2n) is 4.58. The van der Waals surface area contributed by atoms with Gasteiger partial charge in [0, 0.05) is 11.8 Å². The van der Waals surface area contributed by atoms with Crippen molar-refractivity contribution in [2.45, 2.75) is 6.92 Å². The number of hydrogen-bond donors (Lipinski definition) is 1. The molecule has 4 nitrogen and oxygen atoms in total. The Kier molecular flexibility index (Phi) is 3.93. The van der Waals surface area contributed by atoms with Crippen molar-refractivity contribution in [3.05, 3.63) is 65.0 Å². The summed E-state index contributed by atoms with van der Waals surface area (Å²) < 4.78 is 13.8. The number of anilines is 1. The SMILES string of the molecule is Cc1nc(-c2ccccc2F)sc1C(=O)Nc1ccccn1. The van der Waals surface area contributed by atoms with Gasteiger partial charge in [-0.05, 0) is 31.2 Å². The van der Waals surface area contributed by atoms with E-state index in [1.807, 2.05) is 0 Å². The lowest BCUT2D eigenvalue weighted by atomic mass is 10.2. The normalized spacial score (nSPS) is 10.5. The number of nitrogens with one attached hydrogen (secondary N) is 1. The van der Waals surface area contributed by atoms with Crippen molar-refractivity contribution in [1.82, 2.24) is 9.97 Å². The highest BCUT2D eigenvalue weighted by Crippen LogP contribution is 2.30. The molecule has 0 fully saturated rings. The molecule has 0 radical (unpaired) electrons. The van der Waals surface area contributed by atoms with Crippen LogP contribution in [0.3, 0.4) is 0 Å². The molecule has 0 aliphatic heterocycles. The maximum Gasteiger partial charge on any atom is 0.268 e. The Morgan fingerprint density at radius 3 is 2.68 bits per heavy atom. The lowest BCUT2D eigenvalue weighted by molar-refractivity contribution is 0.102. The molecule has 2 aromatic heterocycles. The molecule has 1 N–H and O–H groups in total. The van der Waals surface area contributed by atoms with E-state index in [9.17, 15) is 9.18 Å². The zero-order valence-electron chi connectivity index (χ0n) is 11.7. The van der Waals surface area contributed by atoms with Crippen molar-refractivity contribution >= 4 is 23.1 Å². The van der Waals surface area contributed by atoms with E-state index in [0.29, 0.717) is 27.0 Å². The largest absolute Gasteiger partial charge is 0.306 e. The van der Waals surface area contributed by atoms with Crippen molar-refractivity contribution in [1.29, 1.82) is 0 Å². The molecular formula is C16H12FN3OS. The summed E-state index contributed by atoms with van der Waals surface area (Å²) in [5, 5.41) is 3.19. The van der Waals surface area contributed by atoms with Crippen molar-refractivity contribution in [2.24, 2.45) is 0 Å². The van der Waals surface area contributed by atoms with Gasteiger partial charge in [-0.25, -0.2) is 14.4 Å². The van der Waals surface area contributed by atoms with Crippen molar-refractivity contribution in [2.75, 3.05) is 5.32 Å². The third-order valence-corrected chi connectivity index (χ3v) is 4.20. The van der Waals surface area contributed by atoms with Crippen LogP contribution in [-0.2, 0) is 0 Å². The first-order valence-electron chi connectivity index (χ1n) is 6.60. The molecule has 0 unspecified atom stereocenters. The molecule has 3 rings (SSSR count). The fraction of sp³-hybridized carbons (Fsp3) is 0.0625. The number of hydrogen-bond acceptors (Lipinski definition) is 4. The van der Waals surface area contributed by atoms with Gasteiger partial charge in [0.2, 0.25) is 0 Å². The minimum absolute atomic E-state index is 0.295. The molecule has 22 heavy (non-hydrogen) atoms. The Balaban J connectivity index is 1.90. The number of aromatic nitrogens is 2. The molecule has 0 bridgehead atoms. The maximum atomic E-state index is 13.8. The molecular weight excluding hydrogens is 301 g/mol. The standard InChI is InChI=1S/C16H12FN3OS/c1-10-14(15(21)20-13-8-4-5-9-18-13)22-16(19-10)11-6-2-3-7-12(11)17/h2-9H,1H3,(H,18,20,21). The van der Waals surface area contributed by atoms with E-state index in [1.165, 1.54) is 6.07 Å². The minimum atomic E-state index is -0.354. The van der Waals surface area contributed by atoms with Gasteiger partial charge < -0.3 is 5.32 Å². The van der Waals surface area contributed by atoms with Crippen LogP contribution in [0, 0.1) is 12.7 Å². The lowest BCUT2D eigenvalue weighted by Gasteiger charge is -2.01. The summed E-state index contributed by atoms with van der Waals surface area (Å²) in [6, 6.07) is 11.6. The molecule has 3 aromatic rings. The van der Waals surface area contributed by atoms with E-state index < -0.39 is 0 Å². The third kappa shape index (κ3) is 2.87. The summed E-state index contributed by atoms with van der Waals surface area (Å²) in [5.74, 6) is -0.183. The first kappa shape index (κ1) is 14.3. The van der Waals surface area contributed by atoms with Gasteiger partial charge in [-0.2, -0.15) is 0 Å². The van der Waals surface area contributed by atoms with Gasteiger partial charge in [0.05, 0.1) is 5.69 Å². The van der Waals surface area contributed by atoms with E-state index in [2.05, 4.69) is 15.3 Å². The number of aryl methyl sites for hydroxylation is 1. The van der Waals surface area contributed by atoms with E-state index in [1.54, 1.807) is 49.5 Å². The highest BCUT2D eigenvalue weighted by atomic mass is 32.1. The van der Waals surface area contributed by atoms with Crippen LogP contribution in [0.5, 0.6) is 0 Å². The molecule has 0 atom stereocenters. The Hall–Kier alpha value is -2.60. The smallest absolute Gasteiger partial charge is 0.268 e. The fourth-order valence-corrected chi connectivity index (χ4v) is 2.96. The number of amides is 1. The molecule has 0 aliphatic rings. The number of benzene rings is 1. The number of halogens is 1. The number of thiazole rings is 1. The number of carbonyl (C=O) groups is 1. The average Bonchev–Trinajstić information content (AvgIpc) is 2.90. The molecule has 0 spiro atoms. The van der Waals surface area contributed by atoms with Crippen LogP contribution < -0.4 is 5.32 Å². The zero-order valence-corrected chi connectivity index (χ0v) is 12.5. The minimum Gasteiger partial charge on any atom is -0.306 e. The molecule has 0 saturated carbocycles. The van der Waals surface area contributed by atoms with Crippen LogP contribution in [0.15, 0.2) is 48.7 Å². The molecule has 6 heteroatoms. The second kappa shape index (κ2) is 6.03. The molecule has 0 saturated heterocycles. The van der Waals surface area contributed by atoms with Crippen LogP contribution in [0.2, 0.25) is 0 Å². The molecule has 1 aromatic carbocycles. The summed E-state index contributed by atoms with van der Waals surface area (Å²) >= 11 is 1.16. The van der Waals surface area contributed by atoms with Crippen molar-refractivity contribution in [3.63, 3.8) is 0 Å². The zero-order chi connectivity index (χ0) is 15.5. The van der Waals surface area contributed by atoms with Gasteiger partial charge in [0.15, 0.2) is 0 Å². The van der Waals surface area contributed by atoms with E-state index in [0.717, 1.165) is 11.3 Å². The van der Waals surface area contributed by atoms with Crippen LogP contribution in [0.1, 0.15) is 15.4 Å². The predicted octanol–water partition coefficient (Wildman–Crippen LogP) is 3.90. The van der Waals surface area contributed by atoms with Gasteiger partial charge in [0.1, 0.15) is 21.5 Å². The van der Waals surface area contributed by atoms with E-state index >= 15 is 0 Å². The Morgan fingerprint density at radius 1 is 1.18 bits per heavy atom. The van der Waals surface area contributed by atoms with Crippen LogP contribution in [0.25, 0.3) is 10.6 Å². The van der Waals surface area contributed by atoms with Crippen LogP contribution in [0.4, 0.5) is 10.2 Å². The number of nitrogens with zero attached hydrogens (tertiary/aromatic N) is 2. The summed E-state index contributed by atoms with van der Waals surface area (Å²) in [6.07, 6.45) is 1.60. The topological polar surface area (TPSA) is 54.9 Å². The van der Waals surface area contributed by atoms with Gasteiger partial charge in [-0.1, -0.05) is 18.2 Å². The van der Waals surface area contributed by atoms with Gasteiger partial charge in [-0.3, -0.25) is 4.79 Å². The Bertz CT molecular complexity index is 817. The first-order chi connectivity index (χ1) is 10.6. The molecule has 110 valence electrons. The summed E-state index contributed by atoms with van der Waals surface area (Å²) in [4.78, 5) is 21.1. The summed E-state index contributed by atoms with van der Waals surface area (Å²) in [6.45, 7) is 1.73. The molecule has 0 aliphatic carbocycles. The highest BCUT2D eigenvalue weighted by molar-refractivity contribution is 7.17. The first-order valence-corrected chi connectivity index (χ1v) is 7.41. The predicted molar refractivity (Wildman–Crippen MR) is 84.4 cm³/mol. The number of pyridine rings is 1. The van der Waals surface area contributed by atoms with E-state index in [-0.39, 0.29) is 11.7 Å². The molecule has 2 heterocycles. The monoisotopic (exact) mass is 313 g/mol. The number of rotatable bonds is 3. The highest BCUT2D eigenvalue weighted by Gasteiger charge is 2.18. The fourth-order valence-electron chi connectivity index (χ4n) is 1.97. The Morgan fingerprint density at radius 2 is 1.95 bits per heavy atom. The average molecular weight is 313 g/mol. The van der Waals surface area contributed by atoms with Crippen LogP contribution in [-0.4, -0.2) is 15.9 Å². The van der Waals surface area contributed by atoms with Gasteiger partial charge >= 0.3 is 0 Å². The second-order valence-corrected chi connectivity index (χ2v) is 5.58. The number of carbonyl (C=O) groups excluding carboxylic acids is 1. The Labute approximate surface area is 130 Å². The molecule has 1 amide bonds. The third-order valence-electron chi connectivity index (χ3n) is 3.01. The van der Waals surface area contributed by atoms with Crippen molar-refractivity contribution in [3.8, 4) is 10.6 Å². The quantitative estimate of drug-likeness (QED) is 0.797.